The Morgan fingerprint density at radius 1 is 1.45 bits per heavy atom. The number of halogens is 3. The van der Waals surface area contributed by atoms with E-state index in [9.17, 15) is 23.1 Å². The van der Waals surface area contributed by atoms with Gasteiger partial charge in [0.15, 0.2) is 0 Å². The molecule has 1 aromatic carbocycles. The van der Waals surface area contributed by atoms with E-state index >= 15 is 0 Å². The van der Waals surface area contributed by atoms with Crippen LogP contribution in [0.5, 0.6) is 0 Å². The molecule has 0 aliphatic carbocycles. The van der Waals surface area contributed by atoms with Crippen LogP contribution in [0.3, 0.4) is 0 Å². The zero-order chi connectivity index (χ0) is 16.5. The molecular formula is C14H11F3N2O3. The van der Waals surface area contributed by atoms with Gasteiger partial charge in [-0.2, -0.15) is 18.4 Å². The second-order valence-electron chi connectivity index (χ2n) is 4.50. The minimum absolute atomic E-state index is 0.0769. The third-order valence-electron chi connectivity index (χ3n) is 3.18. The van der Waals surface area contributed by atoms with E-state index in [1.165, 1.54) is 19.1 Å². The summed E-state index contributed by atoms with van der Waals surface area (Å²) in [7, 11) is 0. The first-order chi connectivity index (χ1) is 10.3. The lowest BCUT2D eigenvalue weighted by Crippen LogP contribution is -2.50. The third-order valence-corrected chi connectivity index (χ3v) is 3.18. The number of nitrogens with zero attached hydrogens (tertiary/aromatic N) is 1. The summed E-state index contributed by atoms with van der Waals surface area (Å²) in [6, 6.07) is 5.74. The number of esters is 1. The van der Waals surface area contributed by atoms with Crippen molar-refractivity contribution in [3.05, 3.63) is 35.5 Å². The molecule has 2 aromatic rings. The SMILES string of the molecule is CCOC(=O)C(O)(c1c[nH]c2ccc(C#N)cc12)C(F)(F)F. The molecule has 2 N–H and O–H groups in total. The highest BCUT2D eigenvalue weighted by atomic mass is 19.4. The maximum atomic E-state index is 13.3. The quantitative estimate of drug-likeness (QED) is 0.852. The number of hydrogen-bond acceptors (Lipinski definition) is 4. The Bertz CT molecular complexity index is 761. The Hall–Kier alpha value is -2.53. The van der Waals surface area contributed by atoms with Crippen LogP contribution < -0.4 is 0 Å². The summed E-state index contributed by atoms with van der Waals surface area (Å²) in [6.45, 7) is 1.01. The molecule has 0 saturated heterocycles. The van der Waals surface area contributed by atoms with Gasteiger partial charge in [0.05, 0.1) is 18.2 Å². The molecule has 1 aromatic heterocycles. The van der Waals surface area contributed by atoms with Crippen LogP contribution in [0.4, 0.5) is 13.2 Å². The summed E-state index contributed by atoms with van der Waals surface area (Å²) in [4.78, 5) is 14.3. The van der Waals surface area contributed by atoms with Crippen molar-refractivity contribution in [3.8, 4) is 6.07 Å². The number of carbonyl (C=O) groups is 1. The summed E-state index contributed by atoms with van der Waals surface area (Å²) in [5.74, 6) is -1.81. The Morgan fingerprint density at radius 2 is 2.14 bits per heavy atom. The fourth-order valence-corrected chi connectivity index (χ4v) is 2.10. The number of hydrogen-bond donors (Lipinski definition) is 2. The minimum Gasteiger partial charge on any atom is -0.463 e. The fourth-order valence-electron chi connectivity index (χ4n) is 2.10. The lowest BCUT2D eigenvalue weighted by molar-refractivity contribution is -0.267. The maximum Gasteiger partial charge on any atom is 0.432 e. The molecule has 0 amide bonds. The monoisotopic (exact) mass is 312 g/mol. The van der Waals surface area contributed by atoms with E-state index in [-0.39, 0.29) is 23.1 Å². The van der Waals surface area contributed by atoms with Crippen molar-refractivity contribution in [2.45, 2.75) is 18.7 Å². The normalized spacial score (nSPS) is 14.4. The molecule has 0 fully saturated rings. The number of nitriles is 1. The number of fused-ring (bicyclic) bond motifs is 1. The minimum atomic E-state index is -5.28. The average Bonchev–Trinajstić information content (AvgIpc) is 2.88. The molecule has 22 heavy (non-hydrogen) atoms. The van der Waals surface area contributed by atoms with Crippen LogP contribution in [-0.4, -0.2) is 28.8 Å². The van der Waals surface area contributed by atoms with Crippen molar-refractivity contribution in [2.24, 2.45) is 0 Å². The molecule has 0 bridgehead atoms. The molecule has 5 nitrogen and oxygen atoms in total. The second-order valence-corrected chi connectivity index (χ2v) is 4.50. The van der Waals surface area contributed by atoms with Gasteiger partial charge in [-0.1, -0.05) is 0 Å². The fraction of sp³-hybridized carbons (Fsp3) is 0.286. The summed E-state index contributed by atoms with van der Waals surface area (Å²) >= 11 is 0. The number of H-pyrrole nitrogens is 1. The highest BCUT2D eigenvalue weighted by Crippen LogP contribution is 2.42. The number of alkyl halides is 3. The van der Waals surface area contributed by atoms with E-state index in [4.69, 9.17) is 5.26 Å². The molecule has 1 heterocycles. The molecule has 0 aliphatic rings. The smallest absolute Gasteiger partial charge is 0.432 e. The number of ether oxygens (including phenoxy) is 1. The Labute approximate surface area is 122 Å². The largest absolute Gasteiger partial charge is 0.463 e. The van der Waals surface area contributed by atoms with E-state index < -0.39 is 23.3 Å². The average molecular weight is 312 g/mol. The van der Waals surface area contributed by atoms with Gasteiger partial charge in [0.2, 0.25) is 0 Å². The van der Waals surface area contributed by atoms with Crippen molar-refractivity contribution < 1.29 is 27.8 Å². The number of nitrogens with one attached hydrogen (secondary N) is 1. The van der Waals surface area contributed by atoms with Crippen LogP contribution in [0.1, 0.15) is 18.1 Å². The summed E-state index contributed by atoms with van der Waals surface area (Å²) in [5.41, 5.74) is -4.16. The van der Waals surface area contributed by atoms with Crippen LogP contribution in [0.15, 0.2) is 24.4 Å². The molecule has 2 rings (SSSR count). The van der Waals surface area contributed by atoms with E-state index in [1.807, 2.05) is 0 Å². The van der Waals surface area contributed by atoms with Gasteiger partial charge in [-0.25, -0.2) is 4.79 Å². The molecule has 0 saturated carbocycles. The number of rotatable bonds is 3. The van der Waals surface area contributed by atoms with Crippen molar-refractivity contribution in [1.29, 1.82) is 5.26 Å². The topological polar surface area (TPSA) is 86.1 Å². The van der Waals surface area contributed by atoms with Gasteiger partial charge >= 0.3 is 12.1 Å². The summed E-state index contributed by atoms with van der Waals surface area (Å²) < 4.78 is 44.3. The Balaban J connectivity index is 2.73. The standard InChI is InChI=1S/C14H11F3N2O3/c1-2-22-12(20)13(21,14(15,16)17)10-7-19-11-4-3-8(6-18)5-9(10)11/h3-5,7,19,21H,2H2,1H3. The van der Waals surface area contributed by atoms with Crippen LogP contribution in [0, 0.1) is 11.3 Å². The zero-order valence-corrected chi connectivity index (χ0v) is 11.4. The lowest BCUT2D eigenvalue weighted by atomic mass is 9.92. The van der Waals surface area contributed by atoms with Gasteiger partial charge in [0.25, 0.3) is 5.60 Å². The van der Waals surface area contributed by atoms with E-state index in [0.717, 1.165) is 12.3 Å². The Morgan fingerprint density at radius 3 is 2.68 bits per heavy atom. The molecule has 8 heteroatoms. The van der Waals surface area contributed by atoms with Crippen LogP contribution >= 0.6 is 0 Å². The molecule has 116 valence electrons. The number of aliphatic hydroxyl groups is 1. The summed E-state index contributed by atoms with van der Waals surface area (Å²) in [5, 5.41) is 18.8. The molecule has 0 aliphatic heterocycles. The van der Waals surface area contributed by atoms with E-state index in [1.54, 1.807) is 6.07 Å². The first-order valence-electron chi connectivity index (χ1n) is 6.23. The third kappa shape index (κ3) is 2.29. The molecule has 1 unspecified atom stereocenters. The number of aromatic nitrogens is 1. The van der Waals surface area contributed by atoms with Gasteiger partial charge in [0, 0.05) is 22.7 Å². The first kappa shape index (κ1) is 15.9. The predicted octanol–water partition coefficient (Wildman–Crippen LogP) is 2.35. The van der Waals surface area contributed by atoms with Gasteiger partial charge in [-0.15, -0.1) is 0 Å². The number of aromatic amines is 1. The highest BCUT2D eigenvalue weighted by Gasteiger charge is 2.63. The summed E-state index contributed by atoms with van der Waals surface area (Å²) in [6.07, 6.45) is -4.40. The van der Waals surface area contributed by atoms with E-state index in [0.29, 0.717) is 0 Å². The lowest BCUT2D eigenvalue weighted by Gasteiger charge is -2.27. The second kappa shape index (κ2) is 5.35. The van der Waals surface area contributed by atoms with Gasteiger partial charge in [-0.3, -0.25) is 0 Å². The van der Waals surface area contributed by atoms with Crippen LogP contribution in [0.2, 0.25) is 0 Å². The zero-order valence-electron chi connectivity index (χ0n) is 11.4. The van der Waals surface area contributed by atoms with Crippen molar-refractivity contribution >= 4 is 16.9 Å². The van der Waals surface area contributed by atoms with Crippen molar-refractivity contribution in [3.63, 3.8) is 0 Å². The molecular weight excluding hydrogens is 301 g/mol. The van der Waals surface area contributed by atoms with E-state index in [2.05, 4.69) is 9.72 Å². The number of carbonyl (C=O) groups excluding carboxylic acids is 1. The molecule has 1 atom stereocenters. The first-order valence-corrected chi connectivity index (χ1v) is 6.23. The maximum absolute atomic E-state index is 13.3. The van der Waals surface area contributed by atoms with Gasteiger partial charge < -0.3 is 14.8 Å². The molecule has 0 spiro atoms. The van der Waals surface area contributed by atoms with Gasteiger partial charge in [0.1, 0.15) is 0 Å². The number of benzene rings is 1. The predicted molar refractivity (Wildman–Crippen MR) is 69.6 cm³/mol. The van der Waals surface area contributed by atoms with Crippen LogP contribution in [0.25, 0.3) is 10.9 Å². The Kier molecular flexibility index (Phi) is 3.85. The van der Waals surface area contributed by atoms with Crippen molar-refractivity contribution in [2.75, 3.05) is 6.61 Å². The van der Waals surface area contributed by atoms with Crippen LogP contribution in [-0.2, 0) is 15.1 Å². The van der Waals surface area contributed by atoms with Crippen molar-refractivity contribution in [1.82, 2.24) is 4.98 Å². The molecule has 0 radical (unpaired) electrons. The highest BCUT2D eigenvalue weighted by molar-refractivity contribution is 5.92. The van der Waals surface area contributed by atoms with Gasteiger partial charge in [-0.05, 0) is 25.1 Å².